The lowest BCUT2D eigenvalue weighted by Gasteiger charge is -2.02. The molecule has 0 aliphatic carbocycles. The molecule has 3 nitrogen and oxygen atoms in total. The van der Waals surface area contributed by atoms with Gasteiger partial charge in [0.25, 0.3) is 0 Å². The van der Waals surface area contributed by atoms with Gasteiger partial charge >= 0.3 is 5.97 Å². The molecule has 0 aromatic heterocycles. The number of unbranched alkanes of at least 4 members (excludes halogenated alkanes) is 6. The molecule has 0 saturated carbocycles. The van der Waals surface area contributed by atoms with Crippen LogP contribution in [0.4, 0.5) is 0 Å². The van der Waals surface area contributed by atoms with Crippen LogP contribution in [0.15, 0.2) is 12.7 Å². The fraction of sp³-hybridized carbons (Fsp3) is 0.769. The molecule has 1 atom stereocenters. The summed E-state index contributed by atoms with van der Waals surface area (Å²) in [6, 6.07) is 0. The molecule has 4 heteroatoms. The fourth-order valence-electron chi connectivity index (χ4n) is 1.52. The van der Waals surface area contributed by atoms with Gasteiger partial charge in [0.15, 0.2) is 0 Å². The molecule has 0 rings (SSSR count). The Kier molecular flexibility index (Phi) is 11.4. The quantitative estimate of drug-likeness (QED) is 0.326. The molecule has 0 aliphatic rings. The van der Waals surface area contributed by atoms with Crippen molar-refractivity contribution >= 4 is 16.8 Å². The molecule has 17 heavy (non-hydrogen) atoms. The Morgan fingerprint density at radius 1 is 1.12 bits per heavy atom. The molecule has 0 saturated heterocycles. The largest absolute Gasteiger partial charge is 0.463 e. The first kappa shape index (κ1) is 16.4. The van der Waals surface area contributed by atoms with Crippen molar-refractivity contribution in [3.8, 4) is 0 Å². The second kappa shape index (κ2) is 11.8. The lowest BCUT2D eigenvalue weighted by atomic mass is 10.1. The predicted molar refractivity (Wildman–Crippen MR) is 72.4 cm³/mol. The van der Waals surface area contributed by atoms with Gasteiger partial charge in [-0.3, -0.25) is 4.21 Å². The number of carbonyl (C=O) groups is 1. The number of rotatable bonds is 11. The average molecular weight is 260 g/mol. The van der Waals surface area contributed by atoms with E-state index in [9.17, 15) is 9.00 Å². The van der Waals surface area contributed by atoms with Gasteiger partial charge in [-0.25, -0.2) is 4.79 Å². The van der Waals surface area contributed by atoms with Gasteiger partial charge in [0.2, 0.25) is 0 Å². The van der Waals surface area contributed by atoms with Crippen LogP contribution in [0.2, 0.25) is 0 Å². The summed E-state index contributed by atoms with van der Waals surface area (Å²) in [5.41, 5.74) is 0. The summed E-state index contributed by atoms with van der Waals surface area (Å²) in [5, 5.41) is 0. The molecule has 0 amide bonds. The monoisotopic (exact) mass is 260 g/mol. The van der Waals surface area contributed by atoms with Crippen molar-refractivity contribution in [1.82, 2.24) is 0 Å². The molecule has 100 valence electrons. The molecule has 1 unspecified atom stereocenters. The van der Waals surface area contributed by atoms with E-state index in [0.29, 0.717) is 6.61 Å². The summed E-state index contributed by atoms with van der Waals surface area (Å²) in [4.78, 5) is 10.7. The molecule has 0 fully saturated rings. The highest BCUT2D eigenvalue weighted by atomic mass is 32.2. The fourth-order valence-corrected chi connectivity index (χ4v) is 2.13. The van der Waals surface area contributed by atoms with Crippen molar-refractivity contribution < 1.29 is 13.7 Å². The number of esters is 1. The Hall–Kier alpha value is -0.640. The van der Waals surface area contributed by atoms with E-state index in [-0.39, 0.29) is 5.97 Å². The molecular weight excluding hydrogens is 236 g/mol. The molecule has 0 aromatic carbocycles. The van der Waals surface area contributed by atoms with E-state index in [0.717, 1.165) is 25.0 Å². The summed E-state index contributed by atoms with van der Waals surface area (Å²) in [6.45, 7) is 3.83. The molecule has 0 aliphatic heterocycles. The topological polar surface area (TPSA) is 43.4 Å². The van der Waals surface area contributed by atoms with Crippen LogP contribution in [0.5, 0.6) is 0 Å². The van der Waals surface area contributed by atoms with E-state index in [1.54, 1.807) is 6.26 Å². The van der Waals surface area contributed by atoms with Crippen LogP contribution in [-0.2, 0) is 20.3 Å². The molecule has 0 aromatic rings. The Morgan fingerprint density at radius 3 is 2.18 bits per heavy atom. The number of ether oxygens (including phenoxy) is 1. The first-order valence-electron chi connectivity index (χ1n) is 6.26. The average Bonchev–Trinajstić information content (AvgIpc) is 2.30. The Balaban J connectivity index is 3.06. The van der Waals surface area contributed by atoms with Gasteiger partial charge in [0.1, 0.15) is 0 Å². The maximum absolute atomic E-state index is 10.8. The second-order valence-corrected chi connectivity index (χ2v) is 5.68. The standard InChI is InChI=1S/C13H24O3S/c1-3-13(14)16-11-9-7-5-4-6-8-10-12-17(2)15/h3H,1,4-12H2,2H3. The SMILES string of the molecule is C=CC(=O)OCCCCCCCCCS(C)=O. The van der Waals surface area contributed by atoms with Crippen LogP contribution in [0.25, 0.3) is 0 Å². The third kappa shape index (κ3) is 13.3. The van der Waals surface area contributed by atoms with Crippen LogP contribution in [0.3, 0.4) is 0 Å². The second-order valence-electron chi connectivity index (χ2n) is 4.12. The number of hydrogen-bond donors (Lipinski definition) is 0. The highest BCUT2D eigenvalue weighted by molar-refractivity contribution is 7.84. The van der Waals surface area contributed by atoms with Gasteiger partial charge in [-0.05, 0) is 12.8 Å². The van der Waals surface area contributed by atoms with Gasteiger partial charge < -0.3 is 4.74 Å². The summed E-state index contributed by atoms with van der Waals surface area (Å²) in [5.74, 6) is 0.495. The number of hydrogen-bond acceptors (Lipinski definition) is 3. The molecule has 0 radical (unpaired) electrons. The van der Waals surface area contributed by atoms with Gasteiger partial charge in [-0.15, -0.1) is 0 Å². The summed E-state index contributed by atoms with van der Waals surface area (Å²) in [7, 11) is -0.639. The van der Waals surface area contributed by atoms with Crippen molar-refractivity contribution in [3.63, 3.8) is 0 Å². The highest BCUT2D eigenvalue weighted by Gasteiger charge is 1.96. The molecule has 0 heterocycles. The highest BCUT2D eigenvalue weighted by Crippen LogP contribution is 2.07. The minimum absolute atomic E-state index is 0.336. The minimum atomic E-state index is -0.639. The van der Waals surface area contributed by atoms with E-state index in [1.165, 1.54) is 31.8 Å². The van der Waals surface area contributed by atoms with Crippen molar-refractivity contribution in [2.24, 2.45) is 0 Å². The van der Waals surface area contributed by atoms with Crippen LogP contribution < -0.4 is 0 Å². The zero-order chi connectivity index (χ0) is 12.9. The number of carbonyl (C=O) groups excluding carboxylic acids is 1. The van der Waals surface area contributed by atoms with Crippen molar-refractivity contribution in [2.75, 3.05) is 18.6 Å². The molecular formula is C13H24O3S. The van der Waals surface area contributed by atoms with Gasteiger partial charge in [-0.2, -0.15) is 0 Å². The third-order valence-corrected chi connectivity index (χ3v) is 3.35. The third-order valence-electron chi connectivity index (χ3n) is 2.49. The lowest BCUT2D eigenvalue weighted by Crippen LogP contribution is -2.01. The van der Waals surface area contributed by atoms with E-state index in [4.69, 9.17) is 4.74 Å². The first-order chi connectivity index (χ1) is 8.16. The van der Waals surface area contributed by atoms with E-state index >= 15 is 0 Å². The van der Waals surface area contributed by atoms with Crippen molar-refractivity contribution in [3.05, 3.63) is 12.7 Å². The van der Waals surface area contributed by atoms with Crippen LogP contribution in [-0.4, -0.2) is 28.8 Å². The van der Waals surface area contributed by atoms with E-state index in [2.05, 4.69) is 6.58 Å². The van der Waals surface area contributed by atoms with E-state index < -0.39 is 10.8 Å². The van der Waals surface area contributed by atoms with Gasteiger partial charge in [0, 0.05) is 28.9 Å². The zero-order valence-electron chi connectivity index (χ0n) is 10.8. The molecule has 0 N–H and O–H groups in total. The molecule has 0 spiro atoms. The zero-order valence-corrected chi connectivity index (χ0v) is 11.6. The summed E-state index contributed by atoms with van der Waals surface area (Å²) in [6.07, 6.45) is 10.8. The van der Waals surface area contributed by atoms with Gasteiger partial charge in [-0.1, -0.05) is 38.7 Å². The van der Waals surface area contributed by atoms with Crippen molar-refractivity contribution in [2.45, 2.75) is 44.9 Å². The van der Waals surface area contributed by atoms with E-state index in [1.807, 2.05) is 0 Å². The maximum Gasteiger partial charge on any atom is 0.330 e. The Labute approximate surface area is 107 Å². The summed E-state index contributed by atoms with van der Waals surface area (Å²) < 4.78 is 15.7. The smallest absolute Gasteiger partial charge is 0.330 e. The Morgan fingerprint density at radius 2 is 1.65 bits per heavy atom. The summed E-state index contributed by atoms with van der Waals surface area (Å²) >= 11 is 0. The minimum Gasteiger partial charge on any atom is -0.463 e. The van der Waals surface area contributed by atoms with Crippen molar-refractivity contribution in [1.29, 1.82) is 0 Å². The van der Waals surface area contributed by atoms with Crippen LogP contribution in [0.1, 0.15) is 44.9 Å². The van der Waals surface area contributed by atoms with Crippen LogP contribution >= 0.6 is 0 Å². The first-order valence-corrected chi connectivity index (χ1v) is 7.98. The van der Waals surface area contributed by atoms with Crippen LogP contribution in [0, 0.1) is 0 Å². The lowest BCUT2D eigenvalue weighted by molar-refractivity contribution is -0.137. The maximum atomic E-state index is 10.8. The predicted octanol–water partition coefficient (Wildman–Crippen LogP) is 2.82. The Bertz CT molecular complexity index is 239. The normalized spacial score (nSPS) is 12.1. The molecule has 0 bridgehead atoms. The van der Waals surface area contributed by atoms with Gasteiger partial charge in [0.05, 0.1) is 6.61 Å².